The Morgan fingerprint density at radius 2 is 2.19 bits per heavy atom. The predicted octanol–water partition coefficient (Wildman–Crippen LogP) is 0.958. The summed E-state index contributed by atoms with van der Waals surface area (Å²) in [7, 11) is 1.61. The minimum Gasteiger partial charge on any atom is -0.369 e. The zero-order valence-corrected chi connectivity index (χ0v) is 12.3. The van der Waals surface area contributed by atoms with E-state index in [4.69, 9.17) is 11.5 Å². The maximum Gasteiger partial charge on any atom is 0.248 e. The highest BCUT2D eigenvalue weighted by Crippen LogP contribution is 2.37. The molecule has 0 saturated heterocycles. The maximum absolute atomic E-state index is 12.2. The van der Waals surface area contributed by atoms with Crippen LogP contribution in [0.4, 0.5) is 0 Å². The second-order valence-corrected chi connectivity index (χ2v) is 5.33. The first-order valence-electron chi connectivity index (χ1n) is 6.92. The summed E-state index contributed by atoms with van der Waals surface area (Å²) in [6.45, 7) is 2.02. The topological polar surface area (TPSA) is 102 Å². The van der Waals surface area contributed by atoms with Crippen LogP contribution in [0.3, 0.4) is 0 Å². The van der Waals surface area contributed by atoms with E-state index < -0.39 is 11.4 Å². The van der Waals surface area contributed by atoms with Crippen LogP contribution < -0.4 is 11.5 Å². The summed E-state index contributed by atoms with van der Waals surface area (Å²) >= 11 is 0. The number of primary amides is 1. The number of nitrogens with two attached hydrogens (primary N) is 2. The lowest BCUT2D eigenvalue weighted by Crippen LogP contribution is -2.48. The molecule has 21 heavy (non-hydrogen) atoms. The third-order valence-electron chi connectivity index (χ3n) is 3.84. The number of aliphatic imine (C=N–C) groups is 1. The summed E-state index contributed by atoms with van der Waals surface area (Å²) in [6.07, 6.45) is 1.75. The monoisotopic (exact) mass is 288 g/mol. The van der Waals surface area contributed by atoms with Crippen LogP contribution in [-0.4, -0.2) is 29.7 Å². The van der Waals surface area contributed by atoms with Gasteiger partial charge in [0.1, 0.15) is 0 Å². The van der Waals surface area contributed by atoms with Gasteiger partial charge in [0, 0.05) is 12.6 Å². The first kappa shape index (κ1) is 15.0. The molecule has 1 atom stereocenters. The molecule has 6 heteroatoms. The van der Waals surface area contributed by atoms with Crippen molar-refractivity contribution >= 4 is 17.8 Å². The number of guanidine groups is 1. The van der Waals surface area contributed by atoms with Crippen molar-refractivity contribution in [3.8, 4) is 0 Å². The molecule has 4 N–H and O–H groups in total. The molecule has 112 valence electrons. The number of amides is 2. The van der Waals surface area contributed by atoms with Gasteiger partial charge in [0.05, 0.1) is 12.0 Å². The Morgan fingerprint density at radius 1 is 1.48 bits per heavy atom. The Balaban J connectivity index is 2.55. The van der Waals surface area contributed by atoms with Crippen molar-refractivity contribution in [3.63, 3.8) is 0 Å². The molecule has 1 aromatic rings. The third-order valence-corrected chi connectivity index (χ3v) is 3.84. The molecule has 1 heterocycles. The molecule has 2 rings (SSSR count). The van der Waals surface area contributed by atoms with Crippen molar-refractivity contribution in [2.45, 2.75) is 31.7 Å². The van der Waals surface area contributed by atoms with Gasteiger partial charge in [-0.1, -0.05) is 25.5 Å². The predicted molar refractivity (Wildman–Crippen MR) is 80.6 cm³/mol. The highest BCUT2D eigenvalue weighted by Gasteiger charge is 2.39. The van der Waals surface area contributed by atoms with Crippen LogP contribution in [-0.2, 0) is 10.3 Å². The van der Waals surface area contributed by atoms with E-state index in [0.29, 0.717) is 12.0 Å². The number of hydrogen-bond acceptors (Lipinski definition) is 4. The summed E-state index contributed by atoms with van der Waals surface area (Å²) < 4.78 is 0. The Bertz CT molecular complexity index is 611. The molecule has 0 bridgehead atoms. The molecule has 0 unspecified atom stereocenters. The average Bonchev–Trinajstić information content (AvgIpc) is 2.45. The molecule has 0 aliphatic carbocycles. The SMILES string of the molecule is CCC[C@]1(c2cccc(C(N)=O)c2)CC(=O)N(C)C(N)=N1. The van der Waals surface area contributed by atoms with E-state index in [0.717, 1.165) is 12.0 Å². The number of hydrogen-bond donors (Lipinski definition) is 2. The van der Waals surface area contributed by atoms with Gasteiger partial charge in [-0.15, -0.1) is 0 Å². The minimum absolute atomic E-state index is 0.0829. The summed E-state index contributed by atoms with van der Waals surface area (Å²) in [6, 6.07) is 6.96. The number of benzene rings is 1. The van der Waals surface area contributed by atoms with Gasteiger partial charge in [-0.3, -0.25) is 14.5 Å². The third kappa shape index (κ3) is 2.74. The molecule has 0 radical (unpaired) electrons. The zero-order chi connectivity index (χ0) is 15.6. The van der Waals surface area contributed by atoms with Crippen molar-refractivity contribution in [2.75, 3.05) is 7.05 Å². The second-order valence-electron chi connectivity index (χ2n) is 5.33. The lowest BCUT2D eigenvalue weighted by molar-refractivity contribution is -0.128. The van der Waals surface area contributed by atoms with Gasteiger partial charge >= 0.3 is 0 Å². The van der Waals surface area contributed by atoms with Gasteiger partial charge in [0.2, 0.25) is 11.8 Å². The van der Waals surface area contributed by atoms with Crippen molar-refractivity contribution in [2.24, 2.45) is 16.5 Å². The molecular formula is C15H20N4O2. The Kier molecular flexibility index (Phi) is 3.97. The van der Waals surface area contributed by atoms with Crippen molar-refractivity contribution < 1.29 is 9.59 Å². The molecule has 2 amide bonds. The van der Waals surface area contributed by atoms with Crippen molar-refractivity contribution in [1.29, 1.82) is 0 Å². The lowest BCUT2D eigenvalue weighted by Gasteiger charge is -2.36. The van der Waals surface area contributed by atoms with Crippen LogP contribution in [0.5, 0.6) is 0 Å². The molecule has 1 aliphatic heterocycles. The fourth-order valence-electron chi connectivity index (χ4n) is 2.66. The first-order valence-corrected chi connectivity index (χ1v) is 6.92. The van der Waals surface area contributed by atoms with E-state index >= 15 is 0 Å². The lowest BCUT2D eigenvalue weighted by atomic mass is 9.81. The van der Waals surface area contributed by atoms with Crippen LogP contribution in [0.1, 0.15) is 42.1 Å². The Hall–Kier alpha value is -2.37. The van der Waals surface area contributed by atoms with Crippen LogP contribution in [0, 0.1) is 0 Å². The average molecular weight is 288 g/mol. The molecule has 0 aromatic heterocycles. The van der Waals surface area contributed by atoms with E-state index in [1.54, 1.807) is 25.2 Å². The normalized spacial score (nSPS) is 22.1. The summed E-state index contributed by atoms with van der Waals surface area (Å²) in [4.78, 5) is 29.4. The largest absolute Gasteiger partial charge is 0.369 e. The van der Waals surface area contributed by atoms with Crippen LogP contribution >= 0.6 is 0 Å². The molecule has 1 aliphatic rings. The van der Waals surface area contributed by atoms with E-state index in [9.17, 15) is 9.59 Å². The number of carbonyl (C=O) groups excluding carboxylic acids is 2. The molecule has 0 saturated carbocycles. The minimum atomic E-state index is -0.714. The molecular weight excluding hydrogens is 268 g/mol. The molecule has 0 spiro atoms. The van der Waals surface area contributed by atoms with Crippen LogP contribution in [0.15, 0.2) is 29.3 Å². The number of rotatable bonds is 4. The highest BCUT2D eigenvalue weighted by atomic mass is 16.2. The molecule has 1 aromatic carbocycles. The number of nitrogens with zero attached hydrogens (tertiary/aromatic N) is 2. The van der Waals surface area contributed by atoms with E-state index in [-0.39, 0.29) is 18.3 Å². The van der Waals surface area contributed by atoms with Gasteiger partial charge in [0.15, 0.2) is 5.96 Å². The molecule has 0 fully saturated rings. The van der Waals surface area contributed by atoms with Gasteiger partial charge in [0.25, 0.3) is 0 Å². The van der Waals surface area contributed by atoms with E-state index in [2.05, 4.69) is 4.99 Å². The Labute approximate surface area is 123 Å². The quantitative estimate of drug-likeness (QED) is 0.862. The fourth-order valence-corrected chi connectivity index (χ4v) is 2.66. The second kappa shape index (κ2) is 5.55. The van der Waals surface area contributed by atoms with Crippen molar-refractivity contribution in [3.05, 3.63) is 35.4 Å². The standard InChI is InChI=1S/C15H20N4O2/c1-3-7-15(9-12(20)19(2)14(17)18-15)11-6-4-5-10(8-11)13(16)21/h4-6,8H,3,7,9H2,1-2H3,(H2,16,21)(H2,17,18)/t15-/m1/s1. The van der Waals surface area contributed by atoms with Gasteiger partial charge in [-0.25, -0.2) is 4.99 Å². The van der Waals surface area contributed by atoms with Gasteiger partial charge in [-0.05, 0) is 24.1 Å². The maximum atomic E-state index is 12.2. The van der Waals surface area contributed by atoms with E-state index in [1.807, 2.05) is 13.0 Å². The number of carbonyl (C=O) groups is 2. The zero-order valence-electron chi connectivity index (χ0n) is 12.3. The van der Waals surface area contributed by atoms with E-state index in [1.165, 1.54) is 4.90 Å². The summed E-state index contributed by atoms with van der Waals surface area (Å²) in [5, 5.41) is 0. The smallest absolute Gasteiger partial charge is 0.248 e. The van der Waals surface area contributed by atoms with Crippen LogP contribution in [0.2, 0.25) is 0 Å². The van der Waals surface area contributed by atoms with Gasteiger partial charge in [-0.2, -0.15) is 0 Å². The first-order chi connectivity index (χ1) is 9.89. The highest BCUT2D eigenvalue weighted by molar-refractivity contribution is 5.99. The fraction of sp³-hybridized carbons (Fsp3) is 0.400. The van der Waals surface area contributed by atoms with Gasteiger partial charge < -0.3 is 11.5 Å². The summed E-state index contributed by atoms with van der Waals surface area (Å²) in [5.41, 5.74) is 11.7. The van der Waals surface area contributed by atoms with Crippen LogP contribution in [0.25, 0.3) is 0 Å². The molecule has 6 nitrogen and oxygen atoms in total. The Morgan fingerprint density at radius 3 is 2.76 bits per heavy atom. The van der Waals surface area contributed by atoms with Crippen molar-refractivity contribution in [1.82, 2.24) is 4.90 Å². The summed E-state index contributed by atoms with van der Waals surface area (Å²) in [5.74, 6) is -0.385.